The van der Waals surface area contributed by atoms with Crippen LogP contribution in [0.4, 0.5) is 14.5 Å². The molecular weight excluding hydrogens is 445 g/mol. The molecule has 5 rings (SSSR count). The minimum absolute atomic E-state index is 0.315. The lowest BCUT2D eigenvalue weighted by Gasteiger charge is -2.27. The number of carbonyl (C=O) groups excluding carboxylic acids is 1. The van der Waals surface area contributed by atoms with Gasteiger partial charge >= 0.3 is 5.97 Å². The zero-order valence-electron chi connectivity index (χ0n) is 17.6. The van der Waals surface area contributed by atoms with E-state index in [1.54, 1.807) is 17.4 Å². The smallest absolute Gasteiger partial charge is 0.341 e. The van der Waals surface area contributed by atoms with Crippen LogP contribution >= 0.6 is 22.7 Å². The van der Waals surface area contributed by atoms with Gasteiger partial charge in [0, 0.05) is 24.5 Å². The molecule has 1 aliphatic rings. The van der Waals surface area contributed by atoms with Crippen molar-refractivity contribution in [1.29, 1.82) is 0 Å². The summed E-state index contributed by atoms with van der Waals surface area (Å²) in [5, 5.41) is 4.57. The van der Waals surface area contributed by atoms with Gasteiger partial charge in [0.1, 0.15) is 16.3 Å². The number of halogens is 1. The summed E-state index contributed by atoms with van der Waals surface area (Å²) < 4.78 is 20.2. The number of aromatic nitrogens is 1. The zero-order valence-corrected chi connectivity index (χ0v) is 19.2. The number of hydrogen-bond donors (Lipinski definition) is 1. The van der Waals surface area contributed by atoms with Crippen LogP contribution in [0.15, 0.2) is 48.5 Å². The number of para-hydroxylation sites is 1. The van der Waals surface area contributed by atoms with E-state index in [0.29, 0.717) is 22.8 Å². The van der Waals surface area contributed by atoms with E-state index in [-0.39, 0.29) is 11.8 Å². The number of thiazole rings is 1. The average molecular weight is 468 g/mol. The van der Waals surface area contributed by atoms with Crippen LogP contribution in [0.1, 0.15) is 33.3 Å². The number of nitrogens with one attached hydrogen (secondary N) is 1. The van der Waals surface area contributed by atoms with Crippen LogP contribution in [-0.4, -0.2) is 29.0 Å². The zero-order chi connectivity index (χ0) is 22.1. The highest BCUT2D eigenvalue weighted by atomic mass is 32.1. The van der Waals surface area contributed by atoms with Gasteiger partial charge in [0.25, 0.3) is 0 Å². The molecule has 0 radical (unpaired) electrons. The molecule has 164 valence electrons. The van der Waals surface area contributed by atoms with Gasteiger partial charge in [-0.15, -0.1) is 11.3 Å². The molecule has 4 aromatic rings. The molecule has 0 atom stereocenters. The van der Waals surface area contributed by atoms with Crippen molar-refractivity contribution in [2.75, 3.05) is 18.5 Å². The predicted octanol–water partition coefficient (Wildman–Crippen LogP) is 5.98. The topological polar surface area (TPSA) is 54.5 Å². The summed E-state index contributed by atoms with van der Waals surface area (Å²) in [4.78, 5) is 20.8. The molecule has 0 fully saturated rings. The minimum Gasteiger partial charge on any atom is -0.462 e. The molecule has 0 amide bonds. The van der Waals surface area contributed by atoms with Gasteiger partial charge in [0.2, 0.25) is 0 Å². The maximum atomic E-state index is 14.1. The summed E-state index contributed by atoms with van der Waals surface area (Å²) in [6.45, 7) is 4.64. The molecule has 0 unspecified atom stereocenters. The lowest BCUT2D eigenvalue weighted by atomic mass is 10.0. The van der Waals surface area contributed by atoms with Gasteiger partial charge in [0.05, 0.1) is 16.9 Å². The van der Waals surface area contributed by atoms with E-state index >= 15 is 0 Å². The first kappa shape index (κ1) is 21.1. The lowest BCUT2D eigenvalue weighted by molar-refractivity contribution is 0.0526. The van der Waals surface area contributed by atoms with Gasteiger partial charge in [-0.3, -0.25) is 4.90 Å². The maximum absolute atomic E-state index is 14.1. The van der Waals surface area contributed by atoms with Crippen molar-refractivity contribution in [3.05, 3.63) is 75.9 Å². The van der Waals surface area contributed by atoms with Crippen LogP contribution in [0.5, 0.6) is 0 Å². The summed E-state index contributed by atoms with van der Waals surface area (Å²) >= 11 is 2.93. The molecule has 1 aliphatic heterocycles. The van der Waals surface area contributed by atoms with E-state index in [4.69, 9.17) is 4.74 Å². The molecule has 1 N–H and O–H groups in total. The van der Waals surface area contributed by atoms with Crippen molar-refractivity contribution in [1.82, 2.24) is 9.88 Å². The Hall–Kier alpha value is -2.81. The van der Waals surface area contributed by atoms with Crippen LogP contribution in [-0.2, 0) is 24.2 Å². The fraction of sp³-hybridized carbons (Fsp3) is 0.250. The molecule has 0 aliphatic carbocycles. The molecule has 2 aromatic heterocycles. The van der Waals surface area contributed by atoms with E-state index in [0.717, 1.165) is 46.2 Å². The highest BCUT2D eigenvalue weighted by Crippen LogP contribution is 2.40. The van der Waals surface area contributed by atoms with Crippen LogP contribution in [0.25, 0.3) is 10.2 Å². The third kappa shape index (κ3) is 4.13. The van der Waals surface area contributed by atoms with E-state index in [1.165, 1.54) is 23.0 Å². The number of hydrogen-bond acceptors (Lipinski definition) is 7. The van der Waals surface area contributed by atoms with Crippen molar-refractivity contribution >= 4 is 49.0 Å². The second-order valence-corrected chi connectivity index (χ2v) is 9.74. The first-order valence-electron chi connectivity index (χ1n) is 10.5. The Balaban J connectivity index is 1.45. The van der Waals surface area contributed by atoms with Crippen LogP contribution in [0.2, 0.25) is 0 Å². The number of benzene rings is 2. The van der Waals surface area contributed by atoms with Crippen molar-refractivity contribution in [2.45, 2.75) is 26.4 Å². The van der Waals surface area contributed by atoms with Crippen molar-refractivity contribution in [2.24, 2.45) is 0 Å². The Labute approximate surface area is 193 Å². The quantitative estimate of drug-likeness (QED) is 0.354. The standard InChI is InChI=1S/C24H22FN3O2S2/c1-2-30-23(29)20-16-11-12-28(13-15-7-4-3-5-8-15)14-19(16)31-22(20)27-24-26-21-17(25)9-6-10-18(21)32-24/h3-10H,2,11-14H2,1H3,(H,26,27). The van der Waals surface area contributed by atoms with E-state index < -0.39 is 0 Å². The summed E-state index contributed by atoms with van der Waals surface area (Å²) in [5.74, 6) is -0.671. The SMILES string of the molecule is CCOC(=O)c1c(Nc2nc3c(F)cccc3s2)sc2c1CCN(Cc1ccccc1)C2. The molecule has 0 bridgehead atoms. The number of rotatable bonds is 6. The first-order valence-corrected chi connectivity index (χ1v) is 12.2. The molecule has 2 aromatic carbocycles. The van der Waals surface area contributed by atoms with Gasteiger partial charge in [-0.1, -0.05) is 47.7 Å². The lowest BCUT2D eigenvalue weighted by Crippen LogP contribution is -2.29. The van der Waals surface area contributed by atoms with Crippen molar-refractivity contribution in [3.63, 3.8) is 0 Å². The van der Waals surface area contributed by atoms with Gasteiger partial charge in [-0.25, -0.2) is 14.2 Å². The highest BCUT2D eigenvalue weighted by molar-refractivity contribution is 7.23. The molecular formula is C24H22FN3O2S2. The average Bonchev–Trinajstić information content (AvgIpc) is 3.36. The predicted molar refractivity (Wildman–Crippen MR) is 127 cm³/mol. The molecule has 8 heteroatoms. The number of anilines is 2. The van der Waals surface area contributed by atoms with E-state index in [9.17, 15) is 9.18 Å². The van der Waals surface area contributed by atoms with Gasteiger partial charge in [0.15, 0.2) is 5.13 Å². The Morgan fingerprint density at radius 1 is 1.19 bits per heavy atom. The normalized spacial score (nSPS) is 13.8. The van der Waals surface area contributed by atoms with E-state index in [2.05, 4.69) is 39.5 Å². The molecule has 5 nitrogen and oxygen atoms in total. The molecule has 3 heterocycles. The Morgan fingerprint density at radius 3 is 2.81 bits per heavy atom. The minimum atomic E-state index is -0.348. The number of nitrogens with zero attached hydrogens (tertiary/aromatic N) is 2. The largest absolute Gasteiger partial charge is 0.462 e. The molecule has 0 saturated carbocycles. The Morgan fingerprint density at radius 2 is 2.03 bits per heavy atom. The second-order valence-electron chi connectivity index (χ2n) is 7.61. The van der Waals surface area contributed by atoms with Gasteiger partial charge in [-0.05, 0) is 36.6 Å². The number of carbonyl (C=O) groups is 1. The number of esters is 1. The number of fused-ring (bicyclic) bond motifs is 2. The highest BCUT2D eigenvalue weighted by Gasteiger charge is 2.29. The van der Waals surface area contributed by atoms with E-state index in [1.807, 2.05) is 19.1 Å². The fourth-order valence-electron chi connectivity index (χ4n) is 4.01. The maximum Gasteiger partial charge on any atom is 0.341 e. The van der Waals surface area contributed by atoms with Crippen LogP contribution < -0.4 is 5.32 Å². The van der Waals surface area contributed by atoms with Gasteiger partial charge in [-0.2, -0.15) is 0 Å². The monoisotopic (exact) mass is 467 g/mol. The Bertz CT molecular complexity index is 1270. The number of ether oxygens (including phenoxy) is 1. The van der Waals surface area contributed by atoms with Crippen LogP contribution in [0, 0.1) is 5.82 Å². The second kappa shape index (κ2) is 8.97. The van der Waals surface area contributed by atoms with Gasteiger partial charge < -0.3 is 10.1 Å². The van der Waals surface area contributed by atoms with Crippen molar-refractivity contribution in [3.8, 4) is 0 Å². The third-order valence-electron chi connectivity index (χ3n) is 5.45. The fourth-order valence-corrected chi connectivity index (χ4v) is 6.23. The Kier molecular flexibility index (Phi) is 5.91. The van der Waals surface area contributed by atoms with Crippen LogP contribution in [0.3, 0.4) is 0 Å². The summed E-state index contributed by atoms with van der Waals surface area (Å²) in [6.07, 6.45) is 0.781. The third-order valence-corrected chi connectivity index (χ3v) is 7.52. The van der Waals surface area contributed by atoms with Crippen molar-refractivity contribution < 1.29 is 13.9 Å². The molecule has 0 spiro atoms. The molecule has 32 heavy (non-hydrogen) atoms. The summed E-state index contributed by atoms with van der Waals surface area (Å²) in [5.41, 5.74) is 3.25. The summed E-state index contributed by atoms with van der Waals surface area (Å²) in [6, 6.07) is 15.3. The molecule has 0 saturated heterocycles. The summed E-state index contributed by atoms with van der Waals surface area (Å²) in [7, 11) is 0. The number of thiophene rings is 1. The first-order chi connectivity index (χ1) is 15.6.